The third-order valence-electron chi connectivity index (χ3n) is 5.70. The SMILES string of the molecule is Cc1ccn2c(=O)cc(COC(=O)c3ccc4c(c3[N+](=O)[O-])C(=O)c3ccccc3C4=O)nc2c1. The summed E-state index contributed by atoms with van der Waals surface area (Å²) in [6.07, 6.45) is 1.57. The second-order valence-corrected chi connectivity index (χ2v) is 7.94. The van der Waals surface area contributed by atoms with Crippen molar-refractivity contribution in [3.8, 4) is 0 Å². The van der Waals surface area contributed by atoms with Crippen LogP contribution in [0.15, 0.2) is 65.6 Å². The average molecular weight is 469 g/mol. The van der Waals surface area contributed by atoms with E-state index in [0.29, 0.717) is 5.65 Å². The third kappa shape index (κ3) is 3.57. The number of ether oxygens (including phenoxy) is 1. The highest BCUT2D eigenvalue weighted by atomic mass is 16.6. The standard InChI is InChI=1S/C25H15N3O7/c1-13-8-9-27-19(10-13)26-14(11-20(27)29)12-35-25(32)18-7-6-17-21(22(18)28(33)34)24(31)16-5-3-2-4-15(16)23(17)30/h2-11H,12H2,1H3. The van der Waals surface area contributed by atoms with Crippen LogP contribution in [-0.4, -0.2) is 31.8 Å². The number of aryl methyl sites for hydroxylation is 1. The Balaban J connectivity index is 1.51. The minimum atomic E-state index is -1.09. The Morgan fingerprint density at radius 3 is 2.43 bits per heavy atom. The van der Waals surface area contributed by atoms with Crippen molar-refractivity contribution in [1.82, 2.24) is 9.38 Å². The van der Waals surface area contributed by atoms with Gasteiger partial charge in [-0.3, -0.25) is 28.9 Å². The van der Waals surface area contributed by atoms with E-state index < -0.39 is 45.9 Å². The lowest BCUT2D eigenvalue weighted by atomic mass is 9.82. The molecule has 0 saturated heterocycles. The number of nitro groups is 1. The van der Waals surface area contributed by atoms with Crippen LogP contribution in [0.4, 0.5) is 5.69 Å². The van der Waals surface area contributed by atoms with Crippen LogP contribution in [0.3, 0.4) is 0 Å². The van der Waals surface area contributed by atoms with Crippen LogP contribution in [0.1, 0.15) is 53.5 Å². The van der Waals surface area contributed by atoms with Crippen LogP contribution in [-0.2, 0) is 11.3 Å². The van der Waals surface area contributed by atoms with Gasteiger partial charge in [-0.2, -0.15) is 0 Å². The molecular weight excluding hydrogens is 454 g/mol. The lowest BCUT2D eigenvalue weighted by Gasteiger charge is -2.18. The van der Waals surface area contributed by atoms with Gasteiger partial charge >= 0.3 is 5.97 Å². The van der Waals surface area contributed by atoms with Crippen LogP contribution >= 0.6 is 0 Å². The maximum Gasteiger partial charge on any atom is 0.345 e. The molecule has 1 aliphatic carbocycles. The molecular formula is C25H15N3O7. The monoisotopic (exact) mass is 469 g/mol. The van der Waals surface area contributed by atoms with Crippen LogP contribution < -0.4 is 5.56 Å². The van der Waals surface area contributed by atoms with E-state index in [9.17, 15) is 29.3 Å². The summed E-state index contributed by atoms with van der Waals surface area (Å²) in [7, 11) is 0. The number of aromatic nitrogens is 2. The number of nitrogens with zero attached hydrogens (tertiary/aromatic N) is 3. The molecule has 2 aromatic heterocycles. The molecule has 172 valence electrons. The molecule has 2 heterocycles. The van der Waals surface area contributed by atoms with Crippen molar-refractivity contribution in [3.05, 3.63) is 120 Å². The third-order valence-corrected chi connectivity index (χ3v) is 5.70. The van der Waals surface area contributed by atoms with Gasteiger partial charge in [0.15, 0.2) is 5.78 Å². The summed E-state index contributed by atoms with van der Waals surface area (Å²) in [6.45, 7) is 1.40. The fourth-order valence-corrected chi connectivity index (χ4v) is 4.07. The molecule has 0 N–H and O–H groups in total. The summed E-state index contributed by atoms with van der Waals surface area (Å²) in [5.74, 6) is -2.37. The summed E-state index contributed by atoms with van der Waals surface area (Å²) in [5, 5.41) is 11.9. The number of carbonyl (C=O) groups is 3. The highest BCUT2D eigenvalue weighted by molar-refractivity contribution is 6.30. The molecule has 35 heavy (non-hydrogen) atoms. The molecule has 0 saturated carbocycles. The predicted octanol–water partition coefficient (Wildman–Crippen LogP) is 3.04. The normalized spacial score (nSPS) is 12.3. The van der Waals surface area contributed by atoms with Gasteiger partial charge in [0, 0.05) is 29.0 Å². The van der Waals surface area contributed by atoms with Gasteiger partial charge in [-0.25, -0.2) is 9.78 Å². The maximum atomic E-state index is 13.1. The molecule has 5 rings (SSSR count). The van der Waals surface area contributed by atoms with Gasteiger partial charge in [-0.1, -0.05) is 24.3 Å². The van der Waals surface area contributed by atoms with Crippen LogP contribution in [0.5, 0.6) is 0 Å². The number of nitro benzene ring substituents is 1. The quantitative estimate of drug-likeness (QED) is 0.222. The number of carbonyl (C=O) groups excluding carboxylic acids is 3. The zero-order valence-electron chi connectivity index (χ0n) is 18.2. The van der Waals surface area contributed by atoms with Crippen molar-refractivity contribution >= 4 is 28.9 Å². The van der Waals surface area contributed by atoms with Gasteiger partial charge in [0.1, 0.15) is 23.4 Å². The number of hydrogen-bond acceptors (Lipinski definition) is 8. The summed E-state index contributed by atoms with van der Waals surface area (Å²) in [6, 6.07) is 12.9. The van der Waals surface area contributed by atoms with Crippen LogP contribution in [0, 0.1) is 17.0 Å². The van der Waals surface area contributed by atoms with E-state index in [4.69, 9.17) is 4.74 Å². The Morgan fingerprint density at radius 1 is 1.00 bits per heavy atom. The molecule has 0 aliphatic heterocycles. The lowest BCUT2D eigenvalue weighted by Crippen LogP contribution is -2.24. The Bertz CT molecular complexity index is 1670. The van der Waals surface area contributed by atoms with Gasteiger partial charge in [-0.15, -0.1) is 0 Å². The number of benzene rings is 2. The first-order chi connectivity index (χ1) is 16.8. The first kappa shape index (κ1) is 21.8. The summed E-state index contributed by atoms with van der Waals surface area (Å²) in [5.41, 5.74) is -0.749. The number of pyridine rings is 1. The molecule has 0 amide bonds. The van der Waals surface area contributed by atoms with Crippen molar-refractivity contribution in [3.63, 3.8) is 0 Å². The molecule has 0 fully saturated rings. The van der Waals surface area contributed by atoms with Crippen molar-refractivity contribution in [2.75, 3.05) is 0 Å². The van der Waals surface area contributed by atoms with E-state index >= 15 is 0 Å². The Labute approximate surface area is 196 Å². The van der Waals surface area contributed by atoms with E-state index in [1.54, 1.807) is 30.5 Å². The number of esters is 1. The molecule has 0 atom stereocenters. The second-order valence-electron chi connectivity index (χ2n) is 7.94. The van der Waals surface area contributed by atoms with Gasteiger partial charge in [0.25, 0.3) is 11.2 Å². The predicted molar refractivity (Wildman–Crippen MR) is 122 cm³/mol. The summed E-state index contributed by atoms with van der Waals surface area (Å²) < 4.78 is 6.54. The van der Waals surface area contributed by atoms with E-state index in [-0.39, 0.29) is 27.9 Å². The largest absolute Gasteiger partial charge is 0.455 e. The summed E-state index contributed by atoms with van der Waals surface area (Å²) >= 11 is 0. The van der Waals surface area contributed by atoms with E-state index in [0.717, 1.165) is 11.6 Å². The number of ketones is 2. The Kier molecular flexibility index (Phi) is 5.05. The zero-order chi connectivity index (χ0) is 24.9. The highest BCUT2D eigenvalue weighted by Crippen LogP contribution is 2.35. The number of hydrogen-bond donors (Lipinski definition) is 0. The molecule has 0 bridgehead atoms. The minimum absolute atomic E-state index is 0.0229. The first-order valence-electron chi connectivity index (χ1n) is 10.4. The Morgan fingerprint density at radius 2 is 1.71 bits per heavy atom. The van der Waals surface area contributed by atoms with Gasteiger partial charge in [0.05, 0.1) is 10.6 Å². The van der Waals surface area contributed by atoms with Crippen molar-refractivity contribution in [1.29, 1.82) is 0 Å². The van der Waals surface area contributed by atoms with E-state index in [2.05, 4.69) is 4.98 Å². The fourth-order valence-electron chi connectivity index (χ4n) is 4.07. The van der Waals surface area contributed by atoms with Crippen LogP contribution in [0.25, 0.3) is 5.65 Å². The average Bonchev–Trinajstić information content (AvgIpc) is 2.84. The first-order valence-corrected chi connectivity index (χ1v) is 10.4. The fraction of sp³-hybridized carbons (Fsp3) is 0.0800. The van der Waals surface area contributed by atoms with Crippen molar-refractivity contribution in [2.45, 2.75) is 13.5 Å². The molecule has 0 spiro atoms. The van der Waals surface area contributed by atoms with E-state index in [1.165, 1.54) is 28.7 Å². The summed E-state index contributed by atoms with van der Waals surface area (Å²) in [4.78, 5) is 66.4. The molecule has 0 radical (unpaired) electrons. The molecule has 2 aromatic carbocycles. The van der Waals surface area contributed by atoms with E-state index in [1.807, 2.05) is 6.92 Å². The van der Waals surface area contributed by atoms with Gasteiger partial charge < -0.3 is 4.74 Å². The van der Waals surface area contributed by atoms with Crippen molar-refractivity contribution < 1.29 is 24.0 Å². The Hall–Kier alpha value is -4.99. The molecule has 10 nitrogen and oxygen atoms in total. The molecule has 1 aliphatic rings. The molecule has 4 aromatic rings. The topological polar surface area (TPSA) is 138 Å². The van der Waals surface area contributed by atoms with Crippen LogP contribution in [0.2, 0.25) is 0 Å². The maximum absolute atomic E-state index is 13.1. The second kappa shape index (κ2) is 8.10. The van der Waals surface area contributed by atoms with Gasteiger partial charge in [0.2, 0.25) is 5.78 Å². The number of rotatable bonds is 4. The number of fused-ring (bicyclic) bond motifs is 3. The lowest BCUT2D eigenvalue weighted by molar-refractivity contribution is -0.385. The molecule has 10 heteroatoms. The zero-order valence-corrected chi connectivity index (χ0v) is 18.2. The van der Waals surface area contributed by atoms with Crippen molar-refractivity contribution in [2.24, 2.45) is 0 Å². The molecule has 0 unspecified atom stereocenters. The highest BCUT2D eigenvalue weighted by Gasteiger charge is 2.39. The minimum Gasteiger partial charge on any atom is -0.455 e. The van der Waals surface area contributed by atoms with Gasteiger partial charge in [-0.05, 0) is 36.8 Å². The smallest absolute Gasteiger partial charge is 0.345 e.